The number of aliphatic carboxylic acids is 1. The Morgan fingerprint density at radius 2 is 1.76 bits per heavy atom. The van der Waals surface area contributed by atoms with E-state index in [4.69, 9.17) is 14.6 Å². The maximum atomic E-state index is 14.4. The summed E-state index contributed by atoms with van der Waals surface area (Å²) in [7, 11) is 2.79. The predicted molar refractivity (Wildman–Crippen MR) is 74.1 cm³/mol. The summed E-state index contributed by atoms with van der Waals surface area (Å²) in [5.74, 6) is -3.67. The van der Waals surface area contributed by atoms with Gasteiger partial charge in [-0.3, -0.25) is 4.79 Å². The Morgan fingerprint density at radius 1 is 1.19 bits per heavy atom. The van der Waals surface area contributed by atoms with Gasteiger partial charge >= 0.3 is 5.97 Å². The number of hydrogen-bond acceptors (Lipinski definition) is 3. The molecule has 6 heteroatoms. The van der Waals surface area contributed by atoms with Gasteiger partial charge in [-0.1, -0.05) is 13.8 Å². The highest BCUT2D eigenvalue weighted by molar-refractivity contribution is 5.67. The van der Waals surface area contributed by atoms with Crippen molar-refractivity contribution in [2.45, 2.75) is 32.6 Å². The Balaban J connectivity index is 3.04. The number of carboxylic acids is 1. The molecule has 0 aliphatic rings. The van der Waals surface area contributed by atoms with Gasteiger partial charge in [0.15, 0.2) is 11.5 Å². The van der Waals surface area contributed by atoms with E-state index in [9.17, 15) is 13.6 Å². The largest absolute Gasteiger partial charge is 0.493 e. The van der Waals surface area contributed by atoms with E-state index >= 15 is 0 Å². The van der Waals surface area contributed by atoms with Crippen LogP contribution < -0.4 is 9.47 Å². The molecule has 0 aliphatic carbocycles. The lowest BCUT2D eigenvalue weighted by Gasteiger charge is -2.28. The molecule has 0 aromatic heterocycles. The van der Waals surface area contributed by atoms with Crippen LogP contribution in [0.15, 0.2) is 18.2 Å². The highest BCUT2D eigenvalue weighted by Gasteiger charge is 2.39. The fraction of sp³-hybridized carbons (Fsp3) is 0.533. The smallest absolute Gasteiger partial charge is 0.303 e. The van der Waals surface area contributed by atoms with Crippen molar-refractivity contribution >= 4 is 5.97 Å². The van der Waals surface area contributed by atoms with Crippen molar-refractivity contribution in [3.63, 3.8) is 0 Å². The van der Waals surface area contributed by atoms with Crippen LogP contribution in [0.4, 0.5) is 8.78 Å². The van der Waals surface area contributed by atoms with Gasteiger partial charge in [0.1, 0.15) is 0 Å². The van der Waals surface area contributed by atoms with Crippen LogP contribution in [0, 0.1) is 5.41 Å². The number of halogens is 2. The van der Waals surface area contributed by atoms with Crippen molar-refractivity contribution in [2.24, 2.45) is 5.41 Å². The summed E-state index contributed by atoms with van der Waals surface area (Å²) in [6.45, 7) is 3.02. The van der Waals surface area contributed by atoms with E-state index in [1.165, 1.54) is 46.3 Å². The van der Waals surface area contributed by atoms with Gasteiger partial charge in [-0.2, -0.15) is 0 Å². The topological polar surface area (TPSA) is 55.8 Å². The molecule has 0 saturated carbocycles. The normalized spacial score (nSPS) is 12.1. The van der Waals surface area contributed by atoms with Crippen LogP contribution in [0.5, 0.6) is 11.5 Å². The number of carbonyl (C=O) groups is 1. The van der Waals surface area contributed by atoms with Crippen LogP contribution in [0.25, 0.3) is 0 Å². The summed E-state index contributed by atoms with van der Waals surface area (Å²) in [5.41, 5.74) is -1.25. The standard InChI is InChI=1S/C15H20F2O4/c1-14(2,8-13(18)19)9-15(16,17)10-5-6-11(20-3)12(7-10)21-4/h5-7H,8-9H2,1-4H3,(H,18,19). The minimum atomic E-state index is -3.15. The highest BCUT2D eigenvalue weighted by Crippen LogP contribution is 2.43. The summed E-state index contributed by atoms with van der Waals surface area (Å²) in [4.78, 5) is 10.7. The molecule has 1 aromatic carbocycles. The number of ether oxygens (including phenoxy) is 2. The minimum absolute atomic E-state index is 0.214. The van der Waals surface area contributed by atoms with Gasteiger partial charge in [-0.05, 0) is 23.6 Å². The molecular weight excluding hydrogens is 282 g/mol. The molecular formula is C15H20F2O4. The van der Waals surface area contributed by atoms with Crippen molar-refractivity contribution in [2.75, 3.05) is 14.2 Å². The molecule has 0 bridgehead atoms. The fourth-order valence-electron chi connectivity index (χ4n) is 2.24. The average molecular weight is 302 g/mol. The second kappa shape index (κ2) is 6.28. The molecule has 1 N–H and O–H groups in total. The van der Waals surface area contributed by atoms with Gasteiger partial charge < -0.3 is 14.6 Å². The number of alkyl halides is 2. The molecule has 0 spiro atoms. The second-order valence-electron chi connectivity index (χ2n) is 5.69. The summed E-state index contributed by atoms with van der Waals surface area (Å²) < 4.78 is 38.8. The van der Waals surface area contributed by atoms with Crippen molar-refractivity contribution in [3.8, 4) is 11.5 Å². The van der Waals surface area contributed by atoms with E-state index in [0.717, 1.165) is 0 Å². The fourth-order valence-corrected chi connectivity index (χ4v) is 2.24. The molecule has 0 heterocycles. The van der Waals surface area contributed by atoms with E-state index in [2.05, 4.69) is 0 Å². The Morgan fingerprint density at radius 3 is 2.24 bits per heavy atom. The van der Waals surface area contributed by atoms with E-state index in [1.807, 2.05) is 0 Å². The van der Waals surface area contributed by atoms with Gasteiger partial charge in [-0.25, -0.2) is 8.78 Å². The zero-order valence-corrected chi connectivity index (χ0v) is 12.6. The first kappa shape index (κ1) is 17.2. The molecule has 0 amide bonds. The lowest BCUT2D eigenvalue weighted by molar-refractivity contribution is -0.140. The summed E-state index contributed by atoms with van der Waals surface area (Å²) in [6.07, 6.45) is -0.891. The van der Waals surface area contributed by atoms with Crippen LogP contribution in [0.2, 0.25) is 0 Å². The molecule has 118 valence electrons. The number of hydrogen-bond donors (Lipinski definition) is 1. The third-order valence-electron chi connectivity index (χ3n) is 3.14. The van der Waals surface area contributed by atoms with Crippen LogP contribution in [0.1, 0.15) is 32.3 Å². The van der Waals surface area contributed by atoms with Gasteiger partial charge in [0.2, 0.25) is 0 Å². The van der Waals surface area contributed by atoms with Crippen molar-refractivity contribution in [3.05, 3.63) is 23.8 Å². The molecule has 0 saturated heterocycles. The first-order chi connectivity index (χ1) is 9.61. The quantitative estimate of drug-likeness (QED) is 0.834. The zero-order valence-electron chi connectivity index (χ0n) is 12.6. The molecule has 1 aromatic rings. The van der Waals surface area contributed by atoms with Crippen molar-refractivity contribution in [1.29, 1.82) is 0 Å². The molecule has 0 radical (unpaired) electrons. The predicted octanol–water partition coefficient (Wildman–Crippen LogP) is 3.69. The minimum Gasteiger partial charge on any atom is -0.493 e. The van der Waals surface area contributed by atoms with Crippen molar-refractivity contribution in [1.82, 2.24) is 0 Å². The molecule has 0 atom stereocenters. The Hall–Kier alpha value is -1.85. The average Bonchev–Trinajstić information content (AvgIpc) is 2.34. The maximum absolute atomic E-state index is 14.4. The van der Waals surface area contributed by atoms with Crippen LogP contribution in [-0.2, 0) is 10.7 Å². The van der Waals surface area contributed by atoms with E-state index in [-0.39, 0.29) is 17.7 Å². The number of rotatable bonds is 7. The molecule has 21 heavy (non-hydrogen) atoms. The second-order valence-corrected chi connectivity index (χ2v) is 5.69. The third kappa shape index (κ3) is 4.58. The van der Waals surface area contributed by atoms with E-state index < -0.39 is 23.7 Å². The molecule has 1 rings (SSSR count). The maximum Gasteiger partial charge on any atom is 0.303 e. The SMILES string of the molecule is COc1ccc(C(F)(F)CC(C)(C)CC(=O)O)cc1OC. The lowest BCUT2D eigenvalue weighted by atomic mass is 9.81. The molecule has 0 aliphatic heterocycles. The summed E-state index contributed by atoms with van der Waals surface area (Å²) >= 11 is 0. The Bertz CT molecular complexity index is 512. The van der Waals surface area contributed by atoms with Crippen LogP contribution in [0.3, 0.4) is 0 Å². The monoisotopic (exact) mass is 302 g/mol. The van der Waals surface area contributed by atoms with Crippen LogP contribution >= 0.6 is 0 Å². The molecule has 0 unspecified atom stereocenters. The van der Waals surface area contributed by atoms with Crippen LogP contribution in [-0.4, -0.2) is 25.3 Å². The number of carboxylic acid groups (broad SMARTS) is 1. The van der Waals surface area contributed by atoms with Gasteiger partial charge in [0, 0.05) is 12.0 Å². The Labute approximate surface area is 122 Å². The van der Waals surface area contributed by atoms with E-state index in [0.29, 0.717) is 5.75 Å². The lowest BCUT2D eigenvalue weighted by Crippen LogP contribution is -2.26. The molecule has 4 nitrogen and oxygen atoms in total. The van der Waals surface area contributed by atoms with Gasteiger partial charge in [0.05, 0.1) is 20.6 Å². The third-order valence-corrected chi connectivity index (χ3v) is 3.14. The summed E-state index contributed by atoms with van der Waals surface area (Å²) in [6, 6.07) is 3.89. The van der Waals surface area contributed by atoms with Gasteiger partial charge in [-0.15, -0.1) is 0 Å². The number of methoxy groups -OCH3 is 2. The zero-order chi connectivity index (χ0) is 16.3. The number of benzene rings is 1. The highest BCUT2D eigenvalue weighted by atomic mass is 19.3. The first-order valence-electron chi connectivity index (χ1n) is 6.43. The first-order valence-corrected chi connectivity index (χ1v) is 6.43. The summed E-state index contributed by atoms with van der Waals surface area (Å²) in [5, 5.41) is 8.79. The van der Waals surface area contributed by atoms with Gasteiger partial charge in [0.25, 0.3) is 5.92 Å². The van der Waals surface area contributed by atoms with E-state index in [1.54, 1.807) is 0 Å². The Kier molecular flexibility index (Phi) is 5.15. The molecule has 0 fully saturated rings. The van der Waals surface area contributed by atoms with Crippen molar-refractivity contribution < 1.29 is 28.2 Å².